The first-order valence-electron chi connectivity index (χ1n) is 14.2. The molecule has 44 heavy (non-hydrogen) atoms. The molecule has 210 valence electrons. The van der Waals surface area contributed by atoms with E-state index in [-0.39, 0.29) is 11.4 Å². The lowest BCUT2D eigenvalue weighted by molar-refractivity contribution is 0.899. The average Bonchev–Trinajstić information content (AvgIpc) is 3.53. The van der Waals surface area contributed by atoms with Crippen molar-refractivity contribution in [2.24, 2.45) is 0 Å². The summed E-state index contributed by atoms with van der Waals surface area (Å²) >= 11 is 0. The number of imidazole rings is 2. The largest absolute Gasteiger partial charge is 0.339 e. The number of benzene rings is 4. The molecule has 0 aliphatic rings. The first-order chi connectivity index (χ1) is 21.7. The van der Waals surface area contributed by atoms with E-state index in [1.54, 1.807) is 30.5 Å². The Morgan fingerprint density at radius 3 is 1.45 bits per heavy atom. The van der Waals surface area contributed by atoms with Crippen LogP contribution in [0.15, 0.2) is 155 Å². The highest BCUT2D eigenvalue weighted by Crippen LogP contribution is 2.29. The Morgan fingerprint density at radius 2 is 0.909 bits per heavy atom. The van der Waals surface area contributed by atoms with Crippen molar-refractivity contribution < 1.29 is 0 Å². The molecule has 0 aliphatic carbocycles. The molecular weight excluding hydrogens is 548 g/mol. The van der Waals surface area contributed by atoms with Crippen LogP contribution in [0.1, 0.15) is 0 Å². The number of hydrogen-bond donors (Lipinski definition) is 0. The van der Waals surface area contributed by atoms with Crippen LogP contribution in [0.5, 0.6) is 0 Å². The Bertz CT molecular complexity index is 2410. The van der Waals surface area contributed by atoms with Gasteiger partial charge in [0.05, 0.1) is 39.1 Å². The van der Waals surface area contributed by atoms with E-state index in [0.717, 1.165) is 11.3 Å². The number of rotatable bonds is 5. The summed E-state index contributed by atoms with van der Waals surface area (Å²) in [5.74, 6) is 0.960. The molecule has 0 spiro atoms. The zero-order valence-corrected chi connectivity index (χ0v) is 23.4. The van der Waals surface area contributed by atoms with Gasteiger partial charge in [-0.25, -0.2) is 28.7 Å². The molecule has 4 aromatic carbocycles. The van der Waals surface area contributed by atoms with Crippen LogP contribution in [-0.4, -0.2) is 28.2 Å². The zero-order chi connectivity index (χ0) is 29.6. The van der Waals surface area contributed by atoms with Crippen molar-refractivity contribution in [2.45, 2.75) is 0 Å². The molecule has 0 saturated carbocycles. The monoisotopic (exact) mass is 572 g/mol. The molecule has 0 N–H and O–H groups in total. The summed E-state index contributed by atoms with van der Waals surface area (Å²) in [6.45, 7) is 0. The van der Waals surface area contributed by atoms with Gasteiger partial charge in [0.2, 0.25) is 0 Å². The molecule has 0 unspecified atom stereocenters. The summed E-state index contributed by atoms with van der Waals surface area (Å²) in [6.07, 6.45) is 1.66. The predicted octanol–water partition coefficient (Wildman–Crippen LogP) is 6.33. The van der Waals surface area contributed by atoms with Crippen molar-refractivity contribution >= 4 is 22.1 Å². The molecule has 8 nitrogen and oxygen atoms in total. The van der Waals surface area contributed by atoms with Gasteiger partial charge in [0.15, 0.2) is 0 Å². The van der Waals surface area contributed by atoms with Gasteiger partial charge in [-0.3, -0.25) is 9.13 Å². The second-order valence-corrected chi connectivity index (χ2v) is 10.3. The maximum absolute atomic E-state index is 14.4. The van der Waals surface area contributed by atoms with E-state index < -0.39 is 0 Å². The van der Waals surface area contributed by atoms with E-state index in [2.05, 4.69) is 4.98 Å². The molecule has 0 bridgehead atoms. The normalized spacial score (nSPS) is 11.4. The number of fused-ring (bicyclic) bond motifs is 2. The third-order valence-electron chi connectivity index (χ3n) is 7.74. The van der Waals surface area contributed by atoms with Crippen molar-refractivity contribution in [3.05, 3.63) is 167 Å². The molecule has 8 heteroatoms. The minimum Gasteiger partial charge on any atom is -0.260 e. The van der Waals surface area contributed by atoms with Crippen LogP contribution in [0, 0.1) is 0 Å². The van der Waals surface area contributed by atoms with Gasteiger partial charge in [0.1, 0.15) is 11.6 Å². The number of hydrogen-bond acceptors (Lipinski definition) is 4. The van der Waals surface area contributed by atoms with Gasteiger partial charge in [-0.05, 0) is 60.7 Å². The summed E-state index contributed by atoms with van der Waals surface area (Å²) in [7, 11) is 0. The van der Waals surface area contributed by atoms with E-state index in [4.69, 9.17) is 4.98 Å². The molecule has 0 radical (unpaired) electrons. The highest BCUT2D eigenvalue weighted by Gasteiger charge is 2.23. The topological polar surface area (TPSA) is 79.6 Å². The lowest BCUT2D eigenvalue weighted by atomic mass is 10.1. The average molecular weight is 573 g/mol. The second-order valence-electron chi connectivity index (χ2n) is 10.3. The lowest BCUT2D eigenvalue weighted by Crippen LogP contribution is -2.23. The highest BCUT2D eigenvalue weighted by molar-refractivity contribution is 5.95. The van der Waals surface area contributed by atoms with Crippen molar-refractivity contribution in [1.29, 1.82) is 0 Å². The Kier molecular flexibility index (Phi) is 5.90. The van der Waals surface area contributed by atoms with E-state index >= 15 is 0 Å². The van der Waals surface area contributed by atoms with Gasteiger partial charge in [-0.15, -0.1) is 0 Å². The number of pyridine rings is 2. The van der Waals surface area contributed by atoms with Crippen LogP contribution in [0.3, 0.4) is 0 Å². The fourth-order valence-corrected chi connectivity index (χ4v) is 5.78. The molecule has 0 fully saturated rings. The first-order valence-corrected chi connectivity index (χ1v) is 14.2. The molecule has 0 aliphatic heterocycles. The summed E-state index contributed by atoms with van der Waals surface area (Å²) < 4.78 is 6.53. The van der Waals surface area contributed by atoms with E-state index in [9.17, 15) is 9.59 Å². The third-order valence-corrected chi connectivity index (χ3v) is 7.74. The summed E-state index contributed by atoms with van der Waals surface area (Å²) in [5.41, 5.74) is 5.09. The van der Waals surface area contributed by atoms with Gasteiger partial charge < -0.3 is 0 Å². The van der Waals surface area contributed by atoms with Gasteiger partial charge >= 0.3 is 11.4 Å². The van der Waals surface area contributed by atoms with Crippen molar-refractivity contribution in [3.8, 4) is 34.3 Å². The minimum absolute atomic E-state index is 0.262. The van der Waals surface area contributed by atoms with Crippen LogP contribution >= 0.6 is 0 Å². The fourth-order valence-electron chi connectivity index (χ4n) is 5.78. The molecule has 0 amide bonds. The Hall–Kier alpha value is -6.28. The first kappa shape index (κ1) is 25.4. The van der Waals surface area contributed by atoms with E-state index in [0.29, 0.717) is 45.1 Å². The molecule has 4 heterocycles. The molecule has 4 aromatic heterocycles. The van der Waals surface area contributed by atoms with Crippen molar-refractivity contribution in [3.63, 3.8) is 0 Å². The Balaban J connectivity index is 1.51. The number of aromatic nitrogens is 6. The summed E-state index contributed by atoms with van der Waals surface area (Å²) in [6, 6.07) is 43.7. The molecule has 0 atom stereocenters. The number of para-hydroxylation sites is 2. The zero-order valence-electron chi connectivity index (χ0n) is 23.4. The molecule has 0 saturated heterocycles. The summed E-state index contributed by atoms with van der Waals surface area (Å²) in [4.78, 5) is 38.0. The molecule has 8 rings (SSSR count). The molecule has 8 aromatic rings. The van der Waals surface area contributed by atoms with E-state index in [1.807, 2.05) is 133 Å². The maximum Gasteiger partial charge on any atom is 0.339 e. The second kappa shape index (κ2) is 10.2. The van der Waals surface area contributed by atoms with Crippen LogP contribution in [0.25, 0.3) is 56.3 Å². The third kappa shape index (κ3) is 4.00. The number of nitrogens with zero attached hydrogens (tertiary/aromatic N) is 6. The Morgan fingerprint density at radius 1 is 0.432 bits per heavy atom. The predicted molar refractivity (Wildman–Crippen MR) is 172 cm³/mol. The minimum atomic E-state index is -0.269. The van der Waals surface area contributed by atoms with Crippen molar-refractivity contribution in [2.75, 3.05) is 0 Å². The SMILES string of the molecule is O=c1n(-c2ccccc2)c2cc3c(cc2n1-c1ccccn1)n(-c1cccc(-c2ccccc2)n1)c(=O)n3-c1ccccc1. The van der Waals surface area contributed by atoms with Gasteiger partial charge in [0, 0.05) is 11.8 Å². The van der Waals surface area contributed by atoms with E-state index in [1.165, 1.54) is 0 Å². The van der Waals surface area contributed by atoms with Crippen LogP contribution in [0.2, 0.25) is 0 Å². The fraction of sp³-hybridized carbons (Fsp3) is 0. The smallest absolute Gasteiger partial charge is 0.260 e. The van der Waals surface area contributed by atoms with Gasteiger partial charge in [-0.2, -0.15) is 0 Å². The van der Waals surface area contributed by atoms with Crippen LogP contribution < -0.4 is 11.4 Å². The quantitative estimate of drug-likeness (QED) is 0.241. The van der Waals surface area contributed by atoms with Crippen LogP contribution in [0.4, 0.5) is 0 Å². The van der Waals surface area contributed by atoms with Crippen LogP contribution in [-0.2, 0) is 0 Å². The van der Waals surface area contributed by atoms with Gasteiger partial charge in [-0.1, -0.05) is 78.9 Å². The summed E-state index contributed by atoms with van der Waals surface area (Å²) in [5, 5.41) is 0. The maximum atomic E-state index is 14.4. The van der Waals surface area contributed by atoms with Crippen molar-refractivity contribution in [1.82, 2.24) is 28.2 Å². The standard InChI is InChI=1S/C36H24N6O2/c43-35-39(26-15-6-2-7-16-26)29-23-30-32(24-31(29)41(35)33-20-10-11-22-37-33)42(36(44)40(30)27-17-8-3-9-18-27)34-21-12-19-28(38-34)25-13-4-1-5-14-25/h1-24H. The van der Waals surface area contributed by atoms with Gasteiger partial charge in [0.25, 0.3) is 0 Å². The Labute approximate surface area is 251 Å². The molecular formula is C36H24N6O2. The highest BCUT2D eigenvalue weighted by atomic mass is 16.2. The lowest BCUT2D eigenvalue weighted by Gasteiger charge is -2.07.